The minimum Gasteiger partial charge on any atom is -0.369 e. The third-order valence-electron chi connectivity index (χ3n) is 2.14. The third kappa shape index (κ3) is 3.73. The second-order valence-corrected chi connectivity index (χ2v) is 4.62. The Morgan fingerprint density at radius 3 is 3.06 bits per heavy atom. The van der Waals surface area contributed by atoms with Crippen LogP contribution in [0.1, 0.15) is 17.3 Å². The van der Waals surface area contributed by atoms with Gasteiger partial charge in [0.2, 0.25) is 0 Å². The molecular formula is C11H17N3OS. The van der Waals surface area contributed by atoms with Gasteiger partial charge in [0, 0.05) is 12.7 Å². The van der Waals surface area contributed by atoms with Crippen molar-refractivity contribution in [2.75, 3.05) is 23.9 Å². The summed E-state index contributed by atoms with van der Waals surface area (Å²) in [5, 5.41) is 3.15. The number of primary amides is 1. The van der Waals surface area contributed by atoms with Crippen LogP contribution in [0.4, 0.5) is 5.82 Å². The fourth-order valence-corrected chi connectivity index (χ4v) is 2.05. The molecule has 1 heterocycles. The maximum atomic E-state index is 11.1. The molecule has 0 aliphatic rings. The smallest absolute Gasteiger partial charge is 0.252 e. The second kappa shape index (κ2) is 6.37. The molecule has 4 nitrogen and oxygen atoms in total. The molecule has 5 heteroatoms. The molecule has 3 N–H and O–H groups in total. The van der Waals surface area contributed by atoms with E-state index in [-0.39, 0.29) is 0 Å². The summed E-state index contributed by atoms with van der Waals surface area (Å²) in [5.74, 6) is 1.72. The number of carbonyl (C=O) groups excluding carboxylic acids is 1. The zero-order valence-corrected chi connectivity index (χ0v) is 10.4. The molecule has 16 heavy (non-hydrogen) atoms. The molecule has 0 saturated heterocycles. The van der Waals surface area contributed by atoms with Crippen LogP contribution in [-0.2, 0) is 0 Å². The van der Waals surface area contributed by atoms with Crippen LogP contribution in [0.25, 0.3) is 0 Å². The zero-order valence-electron chi connectivity index (χ0n) is 9.56. The normalized spacial score (nSPS) is 12.1. The first kappa shape index (κ1) is 12.8. The quantitative estimate of drug-likeness (QED) is 0.791. The van der Waals surface area contributed by atoms with Crippen molar-refractivity contribution in [2.45, 2.75) is 6.92 Å². The predicted molar refractivity (Wildman–Crippen MR) is 68.8 cm³/mol. The van der Waals surface area contributed by atoms with E-state index in [4.69, 9.17) is 5.73 Å². The summed E-state index contributed by atoms with van der Waals surface area (Å²) in [6.07, 6.45) is 3.72. The van der Waals surface area contributed by atoms with E-state index in [0.29, 0.717) is 17.3 Å². The topological polar surface area (TPSA) is 68.0 Å². The van der Waals surface area contributed by atoms with Crippen molar-refractivity contribution < 1.29 is 4.79 Å². The lowest BCUT2D eigenvalue weighted by Crippen LogP contribution is -2.19. The molecule has 1 atom stereocenters. The number of nitrogens with two attached hydrogens (primary N) is 1. The van der Waals surface area contributed by atoms with Gasteiger partial charge in [0.1, 0.15) is 5.82 Å². The Morgan fingerprint density at radius 2 is 2.44 bits per heavy atom. The molecular weight excluding hydrogens is 222 g/mol. The summed E-state index contributed by atoms with van der Waals surface area (Å²) < 4.78 is 0. The van der Waals surface area contributed by atoms with E-state index in [9.17, 15) is 4.79 Å². The van der Waals surface area contributed by atoms with Crippen molar-refractivity contribution in [1.29, 1.82) is 0 Å². The van der Waals surface area contributed by atoms with Crippen molar-refractivity contribution in [2.24, 2.45) is 11.7 Å². The summed E-state index contributed by atoms with van der Waals surface area (Å²) in [7, 11) is 0. The maximum Gasteiger partial charge on any atom is 0.252 e. The molecule has 0 radical (unpaired) electrons. The fourth-order valence-electron chi connectivity index (χ4n) is 1.36. The first-order chi connectivity index (χ1) is 7.65. The van der Waals surface area contributed by atoms with E-state index in [0.717, 1.165) is 12.3 Å². The lowest BCUT2D eigenvalue weighted by atomic mass is 10.2. The van der Waals surface area contributed by atoms with Crippen LogP contribution in [0.15, 0.2) is 18.3 Å². The van der Waals surface area contributed by atoms with Gasteiger partial charge < -0.3 is 11.1 Å². The maximum absolute atomic E-state index is 11.1. The molecule has 1 aromatic heterocycles. The third-order valence-corrected chi connectivity index (χ3v) is 3.04. The Labute approximate surface area is 100 Å². The number of rotatable bonds is 6. The van der Waals surface area contributed by atoms with Gasteiger partial charge in [0.05, 0.1) is 5.56 Å². The molecule has 0 aliphatic carbocycles. The average Bonchev–Trinajstić information content (AvgIpc) is 2.27. The van der Waals surface area contributed by atoms with Crippen LogP contribution in [0.3, 0.4) is 0 Å². The summed E-state index contributed by atoms with van der Waals surface area (Å²) in [5.41, 5.74) is 5.70. The molecule has 0 fully saturated rings. The number of nitrogens with zero attached hydrogens (tertiary/aromatic N) is 1. The van der Waals surface area contributed by atoms with Gasteiger partial charge in [0.25, 0.3) is 5.91 Å². The average molecular weight is 239 g/mol. The van der Waals surface area contributed by atoms with Gasteiger partial charge in [-0.3, -0.25) is 4.79 Å². The van der Waals surface area contributed by atoms with E-state index in [2.05, 4.69) is 23.5 Å². The van der Waals surface area contributed by atoms with Crippen LogP contribution in [0, 0.1) is 5.92 Å². The Hall–Kier alpha value is -1.23. The standard InChI is InChI=1S/C11H17N3OS/c1-8(7-16-2)6-14-11-9(10(12)15)4-3-5-13-11/h3-5,8H,6-7H2,1-2H3,(H2,12,15)(H,13,14). The van der Waals surface area contributed by atoms with E-state index >= 15 is 0 Å². The second-order valence-electron chi connectivity index (χ2n) is 3.71. The summed E-state index contributed by atoms with van der Waals surface area (Å²) >= 11 is 1.80. The van der Waals surface area contributed by atoms with Gasteiger partial charge in [-0.05, 0) is 30.1 Å². The highest BCUT2D eigenvalue weighted by molar-refractivity contribution is 7.98. The van der Waals surface area contributed by atoms with Gasteiger partial charge in [-0.1, -0.05) is 6.92 Å². The number of hydrogen-bond donors (Lipinski definition) is 2. The van der Waals surface area contributed by atoms with E-state index in [1.54, 1.807) is 30.1 Å². The van der Waals surface area contributed by atoms with Crippen LogP contribution < -0.4 is 11.1 Å². The monoisotopic (exact) mass is 239 g/mol. The number of carbonyl (C=O) groups is 1. The molecule has 1 amide bonds. The molecule has 0 saturated carbocycles. The number of hydrogen-bond acceptors (Lipinski definition) is 4. The van der Waals surface area contributed by atoms with E-state index in [1.807, 2.05) is 0 Å². The molecule has 1 aromatic rings. The predicted octanol–water partition coefficient (Wildman–Crippen LogP) is 1.59. The van der Waals surface area contributed by atoms with E-state index < -0.39 is 5.91 Å². The molecule has 0 bridgehead atoms. The van der Waals surface area contributed by atoms with E-state index in [1.165, 1.54) is 0 Å². The molecule has 1 unspecified atom stereocenters. The summed E-state index contributed by atoms with van der Waals surface area (Å²) in [6, 6.07) is 3.38. The SMILES string of the molecule is CSCC(C)CNc1ncccc1C(N)=O. The Kier molecular flexibility index (Phi) is 5.11. The summed E-state index contributed by atoms with van der Waals surface area (Å²) in [4.78, 5) is 15.2. The minimum absolute atomic E-state index is 0.443. The van der Waals surface area contributed by atoms with Gasteiger partial charge in [-0.2, -0.15) is 11.8 Å². The Balaban J connectivity index is 2.63. The van der Waals surface area contributed by atoms with Gasteiger partial charge in [-0.25, -0.2) is 4.98 Å². The van der Waals surface area contributed by atoms with Crippen molar-refractivity contribution in [3.63, 3.8) is 0 Å². The van der Waals surface area contributed by atoms with Crippen LogP contribution in [0.2, 0.25) is 0 Å². The number of nitrogens with one attached hydrogen (secondary N) is 1. The Morgan fingerprint density at radius 1 is 1.69 bits per heavy atom. The van der Waals surface area contributed by atoms with Crippen molar-refractivity contribution in [1.82, 2.24) is 4.98 Å². The van der Waals surface area contributed by atoms with Crippen molar-refractivity contribution in [3.05, 3.63) is 23.9 Å². The largest absolute Gasteiger partial charge is 0.369 e. The van der Waals surface area contributed by atoms with Crippen LogP contribution in [0.5, 0.6) is 0 Å². The van der Waals surface area contributed by atoms with Crippen molar-refractivity contribution in [3.8, 4) is 0 Å². The highest BCUT2D eigenvalue weighted by Gasteiger charge is 2.09. The number of aromatic nitrogens is 1. The molecule has 0 aliphatic heterocycles. The molecule has 1 rings (SSSR count). The fraction of sp³-hybridized carbons (Fsp3) is 0.455. The lowest BCUT2D eigenvalue weighted by Gasteiger charge is -2.13. The minimum atomic E-state index is -0.451. The van der Waals surface area contributed by atoms with Crippen LogP contribution >= 0.6 is 11.8 Å². The Bertz CT molecular complexity index is 357. The van der Waals surface area contributed by atoms with Gasteiger partial charge >= 0.3 is 0 Å². The first-order valence-corrected chi connectivity index (χ1v) is 6.52. The summed E-state index contributed by atoms with van der Waals surface area (Å²) in [6.45, 7) is 2.94. The highest BCUT2D eigenvalue weighted by Crippen LogP contribution is 2.12. The lowest BCUT2D eigenvalue weighted by molar-refractivity contribution is 0.100. The van der Waals surface area contributed by atoms with Gasteiger partial charge in [-0.15, -0.1) is 0 Å². The number of thioether (sulfide) groups is 1. The zero-order chi connectivity index (χ0) is 12.0. The van der Waals surface area contributed by atoms with Crippen molar-refractivity contribution >= 4 is 23.5 Å². The number of amides is 1. The number of pyridine rings is 1. The van der Waals surface area contributed by atoms with Gasteiger partial charge in [0.15, 0.2) is 0 Å². The molecule has 0 aromatic carbocycles. The highest BCUT2D eigenvalue weighted by atomic mass is 32.2. The van der Waals surface area contributed by atoms with Crippen LogP contribution in [-0.4, -0.2) is 29.4 Å². The molecule has 88 valence electrons. The molecule has 0 spiro atoms. The number of anilines is 1. The first-order valence-electron chi connectivity index (χ1n) is 5.12.